The van der Waals surface area contributed by atoms with Gasteiger partial charge in [0.15, 0.2) is 0 Å². The fraction of sp³-hybridized carbons (Fsp3) is 0.292. The van der Waals surface area contributed by atoms with Crippen molar-refractivity contribution in [2.45, 2.75) is 33.6 Å². The van der Waals surface area contributed by atoms with E-state index in [1.807, 2.05) is 25.1 Å². The van der Waals surface area contributed by atoms with Gasteiger partial charge in [-0.1, -0.05) is 35.9 Å². The Morgan fingerprint density at radius 1 is 0.968 bits per heavy atom. The SMILES string of the molecule is Cc1ccc(-c2nc(C)c(C(=O)Nc3ccccc3NC(=O)N3CCCC3)s2)c(C)c1. The molecule has 3 amide bonds. The van der Waals surface area contributed by atoms with E-state index in [0.717, 1.165) is 42.1 Å². The number of hydrogen-bond donors (Lipinski definition) is 2. The first-order chi connectivity index (χ1) is 14.9. The Morgan fingerprint density at radius 2 is 1.65 bits per heavy atom. The zero-order valence-electron chi connectivity index (χ0n) is 18.0. The van der Waals surface area contributed by atoms with Gasteiger partial charge in [0.05, 0.1) is 17.1 Å². The fourth-order valence-electron chi connectivity index (χ4n) is 3.77. The maximum absolute atomic E-state index is 13.0. The van der Waals surface area contributed by atoms with Gasteiger partial charge in [-0.25, -0.2) is 9.78 Å². The molecule has 1 aliphatic rings. The number of carbonyl (C=O) groups is 2. The van der Waals surface area contributed by atoms with Crippen molar-refractivity contribution >= 4 is 34.6 Å². The average molecular weight is 435 g/mol. The van der Waals surface area contributed by atoms with Gasteiger partial charge in [-0.3, -0.25) is 4.79 Å². The molecule has 2 N–H and O–H groups in total. The molecule has 1 aliphatic heterocycles. The molecular formula is C24H26N4O2S. The van der Waals surface area contributed by atoms with Gasteiger partial charge in [0, 0.05) is 18.7 Å². The number of para-hydroxylation sites is 2. The van der Waals surface area contributed by atoms with Crippen LogP contribution in [-0.2, 0) is 0 Å². The molecule has 1 aromatic heterocycles. The van der Waals surface area contributed by atoms with E-state index in [2.05, 4.69) is 41.6 Å². The Kier molecular flexibility index (Phi) is 6.04. The number of nitrogens with zero attached hydrogens (tertiary/aromatic N) is 2. The Hall–Kier alpha value is -3.19. The molecule has 1 saturated heterocycles. The number of nitrogens with one attached hydrogen (secondary N) is 2. The van der Waals surface area contributed by atoms with Crippen LogP contribution in [-0.4, -0.2) is 34.9 Å². The molecule has 0 radical (unpaired) electrons. The molecular weight excluding hydrogens is 408 g/mol. The molecule has 2 aromatic carbocycles. The number of anilines is 2. The molecule has 2 heterocycles. The van der Waals surface area contributed by atoms with Crippen molar-refractivity contribution in [2.75, 3.05) is 23.7 Å². The summed E-state index contributed by atoms with van der Waals surface area (Å²) < 4.78 is 0. The summed E-state index contributed by atoms with van der Waals surface area (Å²) in [6.45, 7) is 7.49. The number of likely N-dealkylation sites (tertiary alicyclic amines) is 1. The lowest BCUT2D eigenvalue weighted by atomic mass is 10.1. The predicted molar refractivity (Wildman–Crippen MR) is 126 cm³/mol. The summed E-state index contributed by atoms with van der Waals surface area (Å²) >= 11 is 1.38. The minimum atomic E-state index is -0.228. The van der Waals surface area contributed by atoms with Crippen LogP contribution in [0.15, 0.2) is 42.5 Å². The predicted octanol–water partition coefficient (Wildman–Crippen LogP) is 5.62. The van der Waals surface area contributed by atoms with Crippen molar-refractivity contribution in [3.63, 3.8) is 0 Å². The second kappa shape index (κ2) is 8.89. The van der Waals surface area contributed by atoms with E-state index in [0.29, 0.717) is 21.9 Å². The zero-order valence-corrected chi connectivity index (χ0v) is 18.8. The van der Waals surface area contributed by atoms with E-state index >= 15 is 0 Å². The molecule has 3 aromatic rings. The third-order valence-corrected chi connectivity index (χ3v) is 6.61. The van der Waals surface area contributed by atoms with Crippen molar-refractivity contribution < 1.29 is 9.59 Å². The van der Waals surface area contributed by atoms with Gasteiger partial charge in [0.2, 0.25) is 0 Å². The van der Waals surface area contributed by atoms with Crippen molar-refractivity contribution in [1.82, 2.24) is 9.88 Å². The van der Waals surface area contributed by atoms with Crippen LogP contribution in [0.1, 0.15) is 39.3 Å². The fourth-order valence-corrected chi connectivity index (χ4v) is 4.82. The van der Waals surface area contributed by atoms with Crippen molar-refractivity contribution in [2.24, 2.45) is 0 Å². The summed E-state index contributed by atoms with van der Waals surface area (Å²) in [5, 5.41) is 6.71. The second-order valence-corrected chi connectivity index (χ2v) is 8.88. The summed E-state index contributed by atoms with van der Waals surface area (Å²) in [5.74, 6) is -0.228. The molecule has 31 heavy (non-hydrogen) atoms. The molecule has 6 nitrogen and oxygen atoms in total. The molecule has 160 valence electrons. The summed E-state index contributed by atoms with van der Waals surface area (Å²) in [7, 11) is 0. The van der Waals surface area contributed by atoms with Crippen LogP contribution in [0.2, 0.25) is 0 Å². The van der Waals surface area contributed by atoms with Crippen LogP contribution in [0.25, 0.3) is 10.6 Å². The summed E-state index contributed by atoms with van der Waals surface area (Å²) in [5.41, 5.74) is 5.22. The Morgan fingerprint density at radius 3 is 2.32 bits per heavy atom. The number of amides is 3. The first kappa shape index (κ1) is 21.1. The van der Waals surface area contributed by atoms with E-state index in [-0.39, 0.29) is 11.9 Å². The van der Waals surface area contributed by atoms with Gasteiger partial charge in [-0.2, -0.15) is 0 Å². The van der Waals surface area contributed by atoms with Gasteiger partial charge in [-0.05, 0) is 51.3 Å². The molecule has 0 spiro atoms. The average Bonchev–Trinajstić information content (AvgIpc) is 3.39. The van der Waals surface area contributed by atoms with E-state index in [9.17, 15) is 9.59 Å². The Labute approximate surface area is 186 Å². The Balaban J connectivity index is 1.54. The van der Waals surface area contributed by atoms with Crippen LogP contribution >= 0.6 is 11.3 Å². The summed E-state index contributed by atoms with van der Waals surface area (Å²) in [6, 6.07) is 13.3. The van der Waals surface area contributed by atoms with Gasteiger partial charge in [0.25, 0.3) is 5.91 Å². The molecule has 0 unspecified atom stereocenters. The largest absolute Gasteiger partial charge is 0.325 e. The topological polar surface area (TPSA) is 74.3 Å². The smallest absolute Gasteiger partial charge is 0.321 e. The minimum Gasteiger partial charge on any atom is -0.325 e. The highest BCUT2D eigenvalue weighted by atomic mass is 32.1. The number of hydrogen-bond acceptors (Lipinski definition) is 4. The highest BCUT2D eigenvalue weighted by Gasteiger charge is 2.21. The summed E-state index contributed by atoms with van der Waals surface area (Å²) in [4.78, 5) is 32.5. The lowest BCUT2D eigenvalue weighted by Crippen LogP contribution is -2.32. The zero-order chi connectivity index (χ0) is 22.0. The third-order valence-electron chi connectivity index (χ3n) is 5.43. The van der Waals surface area contributed by atoms with Crippen molar-refractivity contribution in [1.29, 1.82) is 0 Å². The normalized spacial score (nSPS) is 13.3. The molecule has 7 heteroatoms. The van der Waals surface area contributed by atoms with Crippen molar-refractivity contribution in [3.8, 4) is 10.6 Å². The molecule has 0 saturated carbocycles. The number of aryl methyl sites for hydroxylation is 3. The first-order valence-electron chi connectivity index (χ1n) is 10.4. The molecule has 0 aliphatic carbocycles. The highest BCUT2D eigenvalue weighted by Crippen LogP contribution is 2.32. The van der Waals surface area contributed by atoms with Crippen molar-refractivity contribution in [3.05, 3.63) is 64.2 Å². The standard InChI is InChI=1S/C24H26N4O2S/c1-15-10-11-18(16(2)14-15)23-25-17(3)21(31-23)22(29)26-19-8-4-5-9-20(19)27-24(30)28-12-6-7-13-28/h4-5,8-11,14H,6-7,12-13H2,1-3H3,(H,26,29)(H,27,30). The van der Waals surface area contributed by atoms with E-state index in [1.165, 1.54) is 16.9 Å². The molecule has 0 atom stereocenters. The van der Waals surface area contributed by atoms with E-state index in [4.69, 9.17) is 0 Å². The number of thiazole rings is 1. The monoisotopic (exact) mass is 434 g/mol. The van der Waals surface area contributed by atoms with Crippen LogP contribution in [0.4, 0.5) is 16.2 Å². The van der Waals surface area contributed by atoms with Gasteiger partial charge in [-0.15, -0.1) is 11.3 Å². The maximum Gasteiger partial charge on any atom is 0.321 e. The quantitative estimate of drug-likeness (QED) is 0.560. The number of carbonyl (C=O) groups excluding carboxylic acids is 2. The molecule has 0 bridgehead atoms. The number of urea groups is 1. The van der Waals surface area contributed by atoms with Crippen LogP contribution < -0.4 is 10.6 Å². The van der Waals surface area contributed by atoms with E-state index in [1.54, 1.807) is 17.0 Å². The van der Waals surface area contributed by atoms with Crippen LogP contribution in [0.5, 0.6) is 0 Å². The van der Waals surface area contributed by atoms with Gasteiger partial charge < -0.3 is 15.5 Å². The molecule has 4 rings (SSSR count). The van der Waals surface area contributed by atoms with E-state index < -0.39 is 0 Å². The number of rotatable bonds is 4. The lowest BCUT2D eigenvalue weighted by Gasteiger charge is -2.18. The number of aromatic nitrogens is 1. The Bertz CT molecular complexity index is 1130. The van der Waals surface area contributed by atoms with Crippen LogP contribution in [0.3, 0.4) is 0 Å². The molecule has 1 fully saturated rings. The van der Waals surface area contributed by atoms with Crippen LogP contribution in [0, 0.1) is 20.8 Å². The lowest BCUT2D eigenvalue weighted by molar-refractivity contribution is 0.102. The van der Waals surface area contributed by atoms with Gasteiger partial charge >= 0.3 is 6.03 Å². The second-order valence-electron chi connectivity index (χ2n) is 7.88. The number of benzene rings is 2. The van der Waals surface area contributed by atoms with Gasteiger partial charge in [0.1, 0.15) is 9.88 Å². The highest BCUT2D eigenvalue weighted by molar-refractivity contribution is 7.17. The maximum atomic E-state index is 13.0. The third kappa shape index (κ3) is 4.61. The first-order valence-corrected chi connectivity index (χ1v) is 11.3. The summed E-state index contributed by atoms with van der Waals surface area (Å²) in [6.07, 6.45) is 2.05. The minimum absolute atomic E-state index is 0.134.